The van der Waals surface area contributed by atoms with E-state index in [0.29, 0.717) is 14.2 Å². The van der Waals surface area contributed by atoms with Gasteiger partial charge in [0.15, 0.2) is 0 Å². The summed E-state index contributed by atoms with van der Waals surface area (Å²) in [5, 5.41) is 0. The van der Waals surface area contributed by atoms with Crippen LogP contribution in [0.25, 0.3) is 0 Å². The first-order valence-corrected chi connectivity index (χ1v) is 19.6. The molecule has 13 fully saturated rings. The van der Waals surface area contributed by atoms with Crippen LogP contribution in [-0.4, -0.2) is 47.2 Å². The summed E-state index contributed by atoms with van der Waals surface area (Å²) in [5.41, 5.74) is 0. The molecule has 0 atom stereocenters. The van der Waals surface area contributed by atoms with Crippen LogP contribution in [0.2, 0.25) is 0 Å². The molecule has 13 rings (SSSR count). The van der Waals surface area contributed by atoms with Crippen LogP contribution in [0, 0.1) is 53.3 Å². The highest BCUT2D eigenvalue weighted by Gasteiger charge is 2.56. The molecule has 0 spiro atoms. The van der Waals surface area contributed by atoms with Crippen LogP contribution in [0.4, 0.5) is 0 Å². The molecule has 0 unspecified atom stereocenters. The molecule has 1 saturated heterocycles. The van der Waals surface area contributed by atoms with Crippen molar-refractivity contribution in [2.24, 2.45) is 53.3 Å². The van der Waals surface area contributed by atoms with Crippen LogP contribution in [0.1, 0.15) is 116 Å². The van der Waals surface area contributed by atoms with E-state index in [9.17, 15) is 0 Å². The number of hydrogen-bond donors (Lipinski definition) is 0. The van der Waals surface area contributed by atoms with E-state index >= 15 is 0 Å². The highest BCUT2D eigenvalue weighted by atomic mass is 32.2. The Bertz CT molecular complexity index is 763. The molecule has 12 saturated carbocycles. The van der Waals surface area contributed by atoms with Gasteiger partial charge >= 0.3 is 0 Å². The predicted octanol–water partition coefficient (Wildman–Crippen LogP) is 8.63. The van der Waals surface area contributed by atoms with E-state index in [2.05, 4.69) is 48.8 Å². The minimum atomic E-state index is 0.583. The van der Waals surface area contributed by atoms with Crippen molar-refractivity contribution >= 4 is 35.8 Å². The Kier molecular flexibility index (Phi) is 5.83. The molecule has 39 heavy (non-hydrogen) atoms. The number of rotatable bonds is 6. The summed E-state index contributed by atoms with van der Waals surface area (Å²) < 4.78 is 10.5. The van der Waals surface area contributed by atoms with Gasteiger partial charge in [0.25, 0.3) is 0 Å². The van der Waals surface area contributed by atoms with Gasteiger partial charge in [-0.15, -0.1) is 0 Å². The van der Waals surface area contributed by atoms with Crippen molar-refractivity contribution in [2.75, 3.05) is 20.0 Å². The summed E-state index contributed by atoms with van der Waals surface area (Å²) >= 11 is 7.18. The molecule has 13 aliphatic rings. The summed E-state index contributed by atoms with van der Waals surface area (Å²) in [4.78, 5) is 0. The lowest BCUT2D eigenvalue weighted by Gasteiger charge is -2.60. The van der Waals surface area contributed by atoms with Gasteiger partial charge in [-0.05, 0) is 169 Å². The SMILES string of the molecule is C1C2CC3CC1CC(SN1CN(SC45CC6CC(CC(C6)C4)C5)CN(SC45CC6CC(CC(C6)C4)C5)C1)(C2)C3. The Morgan fingerprint density at radius 1 is 0.308 bits per heavy atom. The smallest absolute Gasteiger partial charge is 0.0733 e. The van der Waals surface area contributed by atoms with E-state index in [-0.39, 0.29) is 0 Å². The van der Waals surface area contributed by atoms with Crippen molar-refractivity contribution in [3.05, 3.63) is 0 Å². The highest BCUT2D eigenvalue weighted by molar-refractivity contribution is 8.00. The maximum Gasteiger partial charge on any atom is 0.0733 e. The lowest BCUT2D eigenvalue weighted by Crippen LogP contribution is -2.57. The average molecular weight is 586 g/mol. The van der Waals surface area contributed by atoms with Gasteiger partial charge in [0.05, 0.1) is 20.0 Å². The Hall–Kier alpha value is 0.930. The molecule has 12 aliphatic carbocycles. The minimum Gasteiger partial charge on any atom is -0.220 e. The van der Waals surface area contributed by atoms with Gasteiger partial charge < -0.3 is 0 Å². The van der Waals surface area contributed by atoms with Crippen molar-refractivity contribution in [1.29, 1.82) is 0 Å². The summed E-state index contributed by atoms with van der Waals surface area (Å²) in [5.74, 6) is 9.53. The maximum atomic E-state index is 2.91. The molecule has 0 amide bonds. The second-order valence-electron chi connectivity index (χ2n) is 17.4. The average Bonchev–Trinajstić information content (AvgIpc) is 2.80. The zero-order valence-corrected chi connectivity index (χ0v) is 26.6. The predicted molar refractivity (Wildman–Crippen MR) is 166 cm³/mol. The van der Waals surface area contributed by atoms with Crippen LogP contribution >= 0.6 is 35.8 Å². The Morgan fingerprint density at radius 3 is 0.667 bits per heavy atom. The van der Waals surface area contributed by atoms with Crippen molar-refractivity contribution in [3.63, 3.8) is 0 Å². The number of nitrogens with zero attached hydrogens (tertiary/aromatic N) is 3. The van der Waals surface area contributed by atoms with Gasteiger partial charge in [0.2, 0.25) is 0 Å². The Morgan fingerprint density at radius 2 is 0.487 bits per heavy atom. The first-order chi connectivity index (χ1) is 18.9. The lowest BCUT2D eigenvalue weighted by atomic mass is 9.56. The van der Waals surface area contributed by atoms with E-state index in [1.807, 2.05) is 0 Å². The molecule has 12 bridgehead atoms. The van der Waals surface area contributed by atoms with Crippen LogP contribution in [0.5, 0.6) is 0 Å². The molecule has 0 aromatic rings. The molecule has 216 valence electrons. The van der Waals surface area contributed by atoms with Crippen LogP contribution in [-0.2, 0) is 0 Å². The third kappa shape index (κ3) is 4.47. The fraction of sp³-hybridized carbons (Fsp3) is 1.00. The van der Waals surface area contributed by atoms with Gasteiger partial charge in [-0.3, -0.25) is 0 Å². The first-order valence-electron chi connectivity index (χ1n) is 17.3. The molecule has 1 aliphatic heterocycles. The molecule has 1 heterocycles. The molecule has 3 nitrogen and oxygen atoms in total. The van der Waals surface area contributed by atoms with E-state index < -0.39 is 0 Å². The second kappa shape index (κ2) is 8.99. The van der Waals surface area contributed by atoms with E-state index in [4.69, 9.17) is 0 Å². The quantitative estimate of drug-likeness (QED) is 0.287. The third-order valence-corrected chi connectivity index (χ3v) is 18.0. The standard InChI is InChI=1S/C33H51N3S3/c1-22-2-24-3-23(1)11-31(10-22,12-24)37-34-19-35(38-32-13-25-4-26(14-32)6-27(5-25)15-32)21-36(20-34)39-33-16-28-7-29(17-33)9-30(8-28)18-33/h22-30H,1-21H2. The second-order valence-corrected chi connectivity index (χ2v) is 22.1. The highest BCUT2D eigenvalue weighted by Crippen LogP contribution is 2.65. The van der Waals surface area contributed by atoms with E-state index in [1.165, 1.54) is 77.8 Å². The molecule has 0 N–H and O–H groups in total. The molecular formula is C33H51N3S3. The molecule has 6 heteroatoms. The maximum absolute atomic E-state index is 2.91. The molecule has 0 aromatic heterocycles. The Labute approximate surface area is 250 Å². The van der Waals surface area contributed by atoms with Gasteiger partial charge in [0, 0.05) is 14.2 Å². The normalized spacial score (nSPS) is 57.7. The van der Waals surface area contributed by atoms with Crippen molar-refractivity contribution in [2.45, 2.75) is 130 Å². The van der Waals surface area contributed by atoms with Gasteiger partial charge in [0.1, 0.15) is 0 Å². The van der Waals surface area contributed by atoms with E-state index in [1.54, 1.807) is 57.8 Å². The fourth-order valence-corrected chi connectivity index (χ4v) is 19.9. The van der Waals surface area contributed by atoms with Gasteiger partial charge in [-0.2, -0.15) is 0 Å². The van der Waals surface area contributed by atoms with Crippen LogP contribution < -0.4 is 0 Å². The van der Waals surface area contributed by atoms with Crippen molar-refractivity contribution < 1.29 is 0 Å². The van der Waals surface area contributed by atoms with Crippen LogP contribution in [0.15, 0.2) is 0 Å². The largest absolute Gasteiger partial charge is 0.220 e. The minimum absolute atomic E-state index is 0.583. The monoisotopic (exact) mass is 585 g/mol. The first kappa shape index (κ1) is 25.3. The lowest BCUT2D eigenvalue weighted by molar-refractivity contribution is 0.0301. The van der Waals surface area contributed by atoms with E-state index in [0.717, 1.165) is 53.3 Å². The Balaban J connectivity index is 0.906. The topological polar surface area (TPSA) is 9.72 Å². The number of hydrogen-bond acceptors (Lipinski definition) is 6. The summed E-state index contributed by atoms with van der Waals surface area (Å²) in [6.07, 6.45) is 27.9. The summed E-state index contributed by atoms with van der Waals surface area (Å²) in [6, 6.07) is 0. The fourth-order valence-electron chi connectivity index (χ4n) is 14.1. The molecular weight excluding hydrogens is 535 g/mol. The van der Waals surface area contributed by atoms with Crippen molar-refractivity contribution in [1.82, 2.24) is 12.9 Å². The zero-order chi connectivity index (χ0) is 25.4. The molecule has 0 radical (unpaired) electrons. The van der Waals surface area contributed by atoms with Crippen LogP contribution in [0.3, 0.4) is 0 Å². The summed E-state index contributed by atoms with van der Waals surface area (Å²) in [7, 11) is 0. The van der Waals surface area contributed by atoms with Gasteiger partial charge in [-0.1, -0.05) is 35.8 Å². The zero-order valence-electron chi connectivity index (χ0n) is 24.1. The third-order valence-electron chi connectivity index (χ3n) is 13.9. The van der Waals surface area contributed by atoms with Crippen molar-refractivity contribution in [3.8, 4) is 0 Å². The summed E-state index contributed by atoms with van der Waals surface area (Å²) in [6.45, 7) is 3.62. The molecule has 0 aromatic carbocycles. The van der Waals surface area contributed by atoms with Gasteiger partial charge in [-0.25, -0.2) is 12.9 Å².